The quantitative estimate of drug-likeness (QED) is 0.618. The van der Waals surface area contributed by atoms with E-state index in [-0.39, 0.29) is 17.5 Å². The SMILES string of the molecule is CCN(C(=O)CSc1nnc(-c2ccc(F)cc2)n1N)C1CCCCC1. The fourth-order valence-corrected chi connectivity index (χ4v) is 4.15. The lowest BCUT2D eigenvalue weighted by molar-refractivity contribution is -0.131. The van der Waals surface area contributed by atoms with Crippen molar-refractivity contribution in [1.29, 1.82) is 0 Å². The molecule has 1 amide bonds. The van der Waals surface area contributed by atoms with Gasteiger partial charge in [-0.25, -0.2) is 9.07 Å². The average Bonchev–Trinajstić information content (AvgIpc) is 3.03. The van der Waals surface area contributed by atoms with Crippen LogP contribution in [0.2, 0.25) is 0 Å². The first kappa shape index (κ1) is 18.7. The number of benzene rings is 1. The third-order valence-corrected chi connectivity index (χ3v) is 5.70. The van der Waals surface area contributed by atoms with E-state index in [0.717, 1.165) is 19.4 Å². The lowest BCUT2D eigenvalue weighted by Crippen LogP contribution is -2.42. The maximum absolute atomic E-state index is 13.1. The van der Waals surface area contributed by atoms with Gasteiger partial charge >= 0.3 is 0 Å². The van der Waals surface area contributed by atoms with E-state index in [4.69, 9.17) is 5.84 Å². The second-order valence-corrected chi connectivity index (χ2v) is 7.39. The maximum Gasteiger partial charge on any atom is 0.233 e. The number of hydrogen-bond donors (Lipinski definition) is 1. The van der Waals surface area contributed by atoms with Crippen LogP contribution >= 0.6 is 11.8 Å². The zero-order valence-corrected chi connectivity index (χ0v) is 15.7. The first-order valence-electron chi connectivity index (χ1n) is 8.99. The van der Waals surface area contributed by atoms with Gasteiger partial charge < -0.3 is 10.7 Å². The summed E-state index contributed by atoms with van der Waals surface area (Å²) in [6.07, 6.45) is 5.83. The number of amides is 1. The highest BCUT2D eigenvalue weighted by molar-refractivity contribution is 7.99. The van der Waals surface area contributed by atoms with Crippen LogP contribution in [0.25, 0.3) is 11.4 Å². The molecule has 1 aromatic heterocycles. The monoisotopic (exact) mass is 377 g/mol. The van der Waals surface area contributed by atoms with Crippen LogP contribution in [0.1, 0.15) is 39.0 Å². The van der Waals surface area contributed by atoms with Crippen LogP contribution < -0.4 is 5.84 Å². The predicted octanol–water partition coefficient (Wildman–Crippen LogP) is 3.07. The van der Waals surface area contributed by atoms with E-state index in [9.17, 15) is 9.18 Å². The number of hydrogen-bond acceptors (Lipinski definition) is 5. The van der Waals surface area contributed by atoms with Gasteiger partial charge in [-0.15, -0.1) is 10.2 Å². The fraction of sp³-hybridized carbons (Fsp3) is 0.500. The summed E-state index contributed by atoms with van der Waals surface area (Å²) in [7, 11) is 0. The Hall–Kier alpha value is -2.09. The second-order valence-electron chi connectivity index (χ2n) is 6.44. The van der Waals surface area contributed by atoms with Crippen molar-refractivity contribution in [3.05, 3.63) is 30.1 Å². The summed E-state index contributed by atoms with van der Waals surface area (Å²) < 4.78 is 14.4. The molecule has 2 aromatic rings. The fourth-order valence-electron chi connectivity index (χ4n) is 3.41. The summed E-state index contributed by atoms with van der Waals surface area (Å²) in [5.41, 5.74) is 0.678. The molecule has 0 atom stereocenters. The summed E-state index contributed by atoms with van der Waals surface area (Å²) in [6.45, 7) is 2.75. The van der Waals surface area contributed by atoms with Gasteiger partial charge in [-0.3, -0.25) is 4.79 Å². The third kappa shape index (κ3) is 4.17. The highest BCUT2D eigenvalue weighted by atomic mass is 32.2. The van der Waals surface area contributed by atoms with E-state index >= 15 is 0 Å². The molecule has 0 aliphatic heterocycles. The molecule has 8 heteroatoms. The molecule has 0 spiro atoms. The molecule has 0 saturated heterocycles. The van der Waals surface area contributed by atoms with Crippen molar-refractivity contribution in [3.63, 3.8) is 0 Å². The van der Waals surface area contributed by atoms with Crippen LogP contribution in [0.15, 0.2) is 29.4 Å². The lowest BCUT2D eigenvalue weighted by Gasteiger charge is -2.33. The van der Waals surface area contributed by atoms with Crippen molar-refractivity contribution in [2.45, 2.75) is 50.2 Å². The molecule has 1 aromatic carbocycles. The van der Waals surface area contributed by atoms with Crippen molar-refractivity contribution in [1.82, 2.24) is 19.8 Å². The van der Waals surface area contributed by atoms with Crippen LogP contribution in [0, 0.1) is 5.82 Å². The van der Waals surface area contributed by atoms with E-state index in [1.165, 1.54) is 47.8 Å². The predicted molar refractivity (Wildman–Crippen MR) is 101 cm³/mol. The van der Waals surface area contributed by atoms with E-state index in [2.05, 4.69) is 10.2 Å². The van der Waals surface area contributed by atoms with Crippen molar-refractivity contribution in [3.8, 4) is 11.4 Å². The minimum atomic E-state index is -0.320. The number of rotatable bonds is 6. The minimum absolute atomic E-state index is 0.107. The molecule has 1 saturated carbocycles. The summed E-state index contributed by atoms with van der Waals surface area (Å²) in [5.74, 6) is 6.58. The molecule has 1 aliphatic rings. The highest BCUT2D eigenvalue weighted by Crippen LogP contribution is 2.25. The Labute approximate surface area is 156 Å². The first-order valence-corrected chi connectivity index (χ1v) is 9.97. The molecule has 140 valence electrons. The van der Waals surface area contributed by atoms with Crippen molar-refractivity contribution < 1.29 is 9.18 Å². The standard InChI is InChI=1S/C18H24FN5OS/c1-2-23(15-6-4-3-5-7-15)16(25)12-26-18-22-21-17(24(18)20)13-8-10-14(19)11-9-13/h8-11,15H,2-7,12,20H2,1H3. The van der Waals surface area contributed by atoms with Crippen LogP contribution in [-0.4, -0.2) is 44.0 Å². The van der Waals surface area contributed by atoms with Crippen molar-refractivity contribution in [2.75, 3.05) is 18.1 Å². The van der Waals surface area contributed by atoms with E-state index in [1.54, 1.807) is 12.1 Å². The Bertz CT molecular complexity index is 743. The average molecular weight is 377 g/mol. The summed E-state index contributed by atoms with van der Waals surface area (Å²) >= 11 is 1.28. The van der Waals surface area contributed by atoms with Gasteiger partial charge in [-0.2, -0.15) is 0 Å². The number of aromatic nitrogens is 3. The normalized spacial score (nSPS) is 15.2. The van der Waals surface area contributed by atoms with Crippen molar-refractivity contribution in [2.24, 2.45) is 0 Å². The largest absolute Gasteiger partial charge is 0.339 e. The molecule has 2 N–H and O–H groups in total. The molecule has 6 nitrogen and oxygen atoms in total. The van der Waals surface area contributed by atoms with E-state index in [1.807, 2.05) is 11.8 Å². The summed E-state index contributed by atoms with van der Waals surface area (Å²) in [6, 6.07) is 6.26. The third-order valence-electron chi connectivity index (χ3n) is 4.77. The molecular formula is C18H24FN5OS. The van der Waals surface area contributed by atoms with Gasteiger partial charge in [-0.05, 0) is 44.0 Å². The smallest absolute Gasteiger partial charge is 0.233 e. The van der Waals surface area contributed by atoms with Crippen LogP contribution in [0.5, 0.6) is 0 Å². The Kier molecular flexibility index (Phi) is 6.13. The minimum Gasteiger partial charge on any atom is -0.339 e. The first-order chi connectivity index (χ1) is 12.6. The van der Waals surface area contributed by atoms with Crippen LogP contribution in [-0.2, 0) is 4.79 Å². The Morgan fingerprint density at radius 2 is 1.96 bits per heavy atom. The molecule has 26 heavy (non-hydrogen) atoms. The number of carbonyl (C=O) groups excluding carboxylic acids is 1. The molecule has 0 unspecified atom stereocenters. The number of nitrogen functional groups attached to an aromatic ring is 1. The van der Waals surface area contributed by atoms with Gasteiger partial charge in [0.1, 0.15) is 5.82 Å². The van der Waals surface area contributed by atoms with Gasteiger partial charge in [-0.1, -0.05) is 31.0 Å². The number of carbonyl (C=O) groups is 1. The van der Waals surface area contributed by atoms with Gasteiger partial charge in [0.25, 0.3) is 0 Å². The van der Waals surface area contributed by atoms with Gasteiger partial charge in [0.05, 0.1) is 5.75 Å². The Balaban J connectivity index is 1.64. The molecule has 0 bridgehead atoms. The lowest BCUT2D eigenvalue weighted by atomic mass is 9.94. The van der Waals surface area contributed by atoms with Gasteiger partial charge in [0, 0.05) is 18.2 Å². The molecular weight excluding hydrogens is 353 g/mol. The molecule has 1 aliphatic carbocycles. The van der Waals surface area contributed by atoms with E-state index in [0.29, 0.717) is 22.6 Å². The van der Waals surface area contributed by atoms with Gasteiger partial charge in [0.15, 0.2) is 5.82 Å². The number of thioether (sulfide) groups is 1. The molecule has 1 fully saturated rings. The maximum atomic E-state index is 13.1. The topological polar surface area (TPSA) is 77.0 Å². The molecule has 0 radical (unpaired) electrons. The second kappa shape index (κ2) is 8.53. The Morgan fingerprint density at radius 1 is 1.27 bits per heavy atom. The van der Waals surface area contributed by atoms with E-state index < -0.39 is 0 Å². The number of nitrogens with two attached hydrogens (primary N) is 1. The zero-order chi connectivity index (χ0) is 18.5. The zero-order valence-electron chi connectivity index (χ0n) is 14.9. The Morgan fingerprint density at radius 3 is 2.62 bits per heavy atom. The van der Waals surface area contributed by atoms with Crippen LogP contribution in [0.4, 0.5) is 4.39 Å². The van der Waals surface area contributed by atoms with Gasteiger partial charge in [0.2, 0.25) is 11.1 Å². The van der Waals surface area contributed by atoms with Crippen molar-refractivity contribution >= 4 is 17.7 Å². The summed E-state index contributed by atoms with van der Waals surface area (Å²) in [4.78, 5) is 14.6. The molecule has 1 heterocycles. The number of nitrogens with zero attached hydrogens (tertiary/aromatic N) is 4. The summed E-state index contributed by atoms with van der Waals surface area (Å²) in [5, 5.41) is 8.61. The highest BCUT2D eigenvalue weighted by Gasteiger charge is 2.24. The van der Waals surface area contributed by atoms with Crippen LogP contribution in [0.3, 0.4) is 0 Å². The molecule has 3 rings (SSSR count). The number of halogens is 1.